The molecule has 1 saturated carbocycles. The molecule has 4 nitrogen and oxygen atoms in total. The van der Waals surface area contributed by atoms with Crippen LogP contribution in [0.1, 0.15) is 36.8 Å². The van der Waals surface area contributed by atoms with E-state index in [9.17, 15) is 4.79 Å². The number of fused-ring (bicyclic) bond motifs is 1. The molecule has 1 aromatic carbocycles. The molecule has 2 aliphatic heterocycles. The number of hydrogen-bond donors (Lipinski definition) is 1. The van der Waals surface area contributed by atoms with Crippen molar-refractivity contribution in [1.82, 2.24) is 5.32 Å². The Hall–Kier alpha value is -1.55. The molecule has 3 aliphatic rings. The molecule has 2 fully saturated rings. The average molecular weight is 272 g/mol. The summed E-state index contributed by atoms with van der Waals surface area (Å²) in [4.78, 5) is 14.7. The Morgan fingerprint density at radius 1 is 1.20 bits per heavy atom. The quantitative estimate of drug-likeness (QED) is 0.897. The minimum Gasteiger partial charge on any atom is -0.495 e. The Morgan fingerprint density at radius 3 is 2.65 bits per heavy atom. The largest absolute Gasteiger partial charge is 0.495 e. The van der Waals surface area contributed by atoms with Crippen LogP contribution in [-0.4, -0.2) is 19.6 Å². The van der Waals surface area contributed by atoms with Crippen molar-refractivity contribution in [3.05, 3.63) is 23.3 Å². The maximum absolute atomic E-state index is 12.7. The molecule has 20 heavy (non-hydrogen) atoms. The van der Waals surface area contributed by atoms with E-state index in [0.717, 1.165) is 56.8 Å². The topological polar surface area (TPSA) is 41.6 Å². The predicted molar refractivity (Wildman–Crippen MR) is 76.8 cm³/mol. The van der Waals surface area contributed by atoms with E-state index in [1.807, 2.05) is 4.90 Å². The number of nitrogens with zero attached hydrogens (tertiary/aromatic N) is 1. The molecule has 1 N–H and O–H groups in total. The van der Waals surface area contributed by atoms with E-state index in [4.69, 9.17) is 4.74 Å². The Kier molecular flexibility index (Phi) is 2.58. The number of benzene rings is 1. The molecule has 1 saturated heterocycles. The van der Waals surface area contributed by atoms with E-state index in [1.54, 1.807) is 7.11 Å². The molecule has 4 rings (SSSR count). The second-order valence-electron chi connectivity index (χ2n) is 6.24. The first-order valence-electron chi connectivity index (χ1n) is 7.46. The fourth-order valence-electron chi connectivity index (χ4n) is 3.60. The first kappa shape index (κ1) is 12.2. The third-order valence-electron chi connectivity index (χ3n) is 5.01. The van der Waals surface area contributed by atoms with Crippen LogP contribution in [0.4, 0.5) is 5.69 Å². The summed E-state index contributed by atoms with van der Waals surface area (Å²) in [5, 5.41) is 3.35. The van der Waals surface area contributed by atoms with Crippen LogP contribution in [-0.2, 0) is 17.9 Å². The zero-order valence-electron chi connectivity index (χ0n) is 11.9. The second-order valence-corrected chi connectivity index (χ2v) is 6.24. The summed E-state index contributed by atoms with van der Waals surface area (Å²) in [5.41, 5.74) is 3.52. The van der Waals surface area contributed by atoms with Crippen molar-refractivity contribution >= 4 is 11.6 Å². The monoisotopic (exact) mass is 272 g/mol. The SMILES string of the molecule is COc1cc2c(cc1N1CCCC3(CC3)C1=O)CNC2. The van der Waals surface area contributed by atoms with Crippen LogP contribution in [0, 0.1) is 5.41 Å². The van der Waals surface area contributed by atoms with Gasteiger partial charge in [-0.1, -0.05) is 0 Å². The van der Waals surface area contributed by atoms with Crippen LogP contribution in [0.3, 0.4) is 0 Å². The molecule has 0 radical (unpaired) electrons. The first-order chi connectivity index (χ1) is 9.73. The molecule has 0 bridgehead atoms. The van der Waals surface area contributed by atoms with E-state index in [0.29, 0.717) is 5.91 Å². The fraction of sp³-hybridized carbons (Fsp3) is 0.562. The highest BCUT2D eigenvalue weighted by molar-refractivity contribution is 6.01. The summed E-state index contributed by atoms with van der Waals surface area (Å²) in [6, 6.07) is 4.24. The highest BCUT2D eigenvalue weighted by atomic mass is 16.5. The molecule has 1 spiro atoms. The number of amides is 1. The van der Waals surface area contributed by atoms with Gasteiger partial charge in [0, 0.05) is 25.0 Å². The second kappa shape index (κ2) is 4.22. The third kappa shape index (κ3) is 1.67. The molecule has 2 heterocycles. The van der Waals surface area contributed by atoms with Crippen LogP contribution >= 0.6 is 0 Å². The summed E-state index contributed by atoms with van der Waals surface area (Å²) in [6.45, 7) is 2.60. The standard InChI is InChI=1S/C16H20N2O2/c1-20-14-8-12-10-17-9-11(12)7-13(14)18-6-2-3-16(4-5-16)15(18)19/h7-8,17H,2-6,9-10H2,1H3. The van der Waals surface area contributed by atoms with Crippen molar-refractivity contribution in [3.63, 3.8) is 0 Å². The number of ether oxygens (including phenoxy) is 1. The van der Waals surface area contributed by atoms with Crippen molar-refractivity contribution in [3.8, 4) is 5.75 Å². The van der Waals surface area contributed by atoms with Crippen LogP contribution in [0.15, 0.2) is 12.1 Å². The average Bonchev–Trinajstić information content (AvgIpc) is 3.09. The van der Waals surface area contributed by atoms with Gasteiger partial charge in [0.15, 0.2) is 0 Å². The molecule has 1 amide bonds. The lowest BCUT2D eigenvalue weighted by Crippen LogP contribution is -2.42. The highest BCUT2D eigenvalue weighted by Crippen LogP contribution is 2.54. The molecule has 1 aliphatic carbocycles. The Balaban J connectivity index is 1.75. The predicted octanol–water partition coefficient (Wildman–Crippen LogP) is 2.21. The van der Waals surface area contributed by atoms with Gasteiger partial charge in [-0.25, -0.2) is 0 Å². The molecular weight excluding hydrogens is 252 g/mol. The van der Waals surface area contributed by atoms with Crippen LogP contribution in [0.2, 0.25) is 0 Å². The number of piperidine rings is 1. The van der Waals surface area contributed by atoms with Gasteiger partial charge in [-0.2, -0.15) is 0 Å². The summed E-state index contributed by atoms with van der Waals surface area (Å²) in [6.07, 6.45) is 4.30. The first-order valence-corrected chi connectivity index (χ1v) is 7.46. The molecule has 106 valence electrons. The van der Waals surface area contributed by atoms with E-state index in [-0.39, 0.29) is 5.41 Å². The number of nitrogens with one attached hydrogen (secondary N) is 1. The minimum atomic E-state index is -0.0273. The van der Waals surface area contributed by atoms with Crippen LogP contribution in [0.25, 0.3) is 0 Å². The Bertz CT molecular complexity index is 578. The van der Waals surface area contributed by atoms with Crippen molar-refractivity contribution in [2.24, 2.45) is 5.41 Å². The number of carbonyl (C=O) groups excluding carboxylic acids is 1. The van der Waals surface area contributed by atoms with Gasteiger partial charge in [-0.3, -0.25) is 4.79 Å². The maximum atomic E-state index is 12.7. The molecule has 0 atom stereocenters. The zero-order valence-corrected chi connectivity index (χ0v) is 11.9. The molecule has 0 aromatic heterocycles. The lowest BCUT2D eigenvalue weighted by Gasteiger charge is -2.33. The van der Waals surface area contributed by atoms with E-state index in [1.165, 1.54) is 11.1 Å². The smallest absolute Gasteiger partial charge is 0.233 e. The number of rotatable bonds is 2. The Morgan fingerprint density at radius 2 is 1.95 bits per heavy atom. The fourth-order valence-corrected chi connectivity index (χ4v) is 3.60. The van der Waals surface area contributed by atoms with Crippen molar-refractivity contribution in [2.75, 3.05) is 18.6 Å². The van der Waals surface area contributed by atoms with Crippen molar-refractivity contribution in [2.45, 2.75) is 38.8 Å². The zero-order chi connectivity index (χ0) is 13.7. The summed E-state index contributed by atoms with van der Waals surface area (Å²) in [5.74, 6) is 1.14. The summed E-state index contributed by atoms with van der Waals surface area (Å²) >= 11 is 0. The normalized spacial score (nSPS) is 23.1. The molecular formula is C16H20N2O2. The van der Waals surface area contributed by atoms with Crippen LogP contribution < -0.4 is 15.0 Å². The maximum Gasteiger partial charge on any atom is 0.233 e. The number of anilines is 1. The molecule has 1 aromatic rings. The van der Waals surface area contributed by atoms with Gasteiger partial charge in [0.1, 0.15) is 5.75 Å². The van der Waals surface area contributed by atoms with E-state index < -0.39 is 0 Å². The van der Waals surface area contributed by atoms with Gasteiger partial charge in [0.25, 0.3) is 0 Å². The summed E-state index contributed by atoms with van der Waals surface area (Å²) < 4.78 is 5.54. The lowest BCUT2D eigenvalue weighted by atomic mass is 9.93. The van der Waals surface area contributed by atoms with Gasteiger partial charge >= 0.3 is 0 Å². The highest BCUT2D eigenvalue weighted by Gasteiger charge is 2.53. The van der Waals surface area contributed by atoms with Gasteiger partial charge in [0.2, 0.25) is 5.91 Å². The van der Waals surface area contributed by atoms with Gasteiger partial charge < -0.3 is 15.0 Å². The minimum absolute atomic E-state index is 0.0273. The number of methoxy groups -OCH3 is 1. The third-order valence-corrected chi connectivity index (χ3v) is 5.01. The number of hydrogen-bond acceptors (Lipinski definition) is 3. The van der Waals surface area contributed by atoms with E-state index >= 15 is 0 Å². The lowest BCUT2D eigenvalue weighted by molar-refractivity contribution is -0.125. The number of carbonyl (C=O) groups is 1. The van der Waals surface area contributed by atoms with Gasteiger partial charge in [-0.05, 0) is 48.9 Å². The Labute approximate surface area is 119 Å². The van der Waals surface area contributed by atoms with Crippen molar-refractivity contribution < 1.29 is 9.53 Å². The summed E-state index contributed by atoms with van der Waals surface area (Å²) in [7, 11) is 1.69. The van der Waals surface area contributed by atoms with E-state index in [2.05, 4.69) is 17.4 Å². The van der Waals surface area contributed by atoms with Gasteiger partial charge in [-0.15, -0.1) is 0 Å². The van der Waals surface area contributed by atoms with Crippen molar-refractivity contribution in [1.29, 1.82) is 0 Å². The molecule has 0 unspecified atom stereocenters. The van der Waals surface area contributed by atoms with Gasteiger partial charge in [0.05, 0.1) is 12.8 Å². The molecule has 4 heteroatoms. The van der Waals surface area contributed by atoms with Crippen LogP contribution in [0.5, 0.6) is 5.75 Å².